The molecular weight excluding hydrogens is 557 g/mol. The Kier molecular flexibility index (Phi) is 7.55. The Morgan fingerprint density at radius 2 is 1.62 bits per heavy atom. The lowest BCUT2D eigenvalue weighted by molar-refractivity contribution is -0.146. The third kappa shape index (κ3) is 4.87. The Bertz CT molecular complexity index is 1580. The number of sulfone groups is 1. The summed E-state index contributed by atoms with van der Waals surface area (Å²) in [5.74, 6) is -1.56. The average Bonchev–Trinajstić information content (AvgIpc) is 3.42. The average molecular weight is 592 g/mol. The minimum atomic E-state index is -4.05. The highest BCUT2D eigenvalue weighted by Crippen LogP contribution is 2.53. The Labute approximate surface area is 245 Å². The van der Waals surface area contributed by atoms with E-state index in [4.69, 9.17) is 4.74 Å². The van der Waals surface area contributed by atoms with Crippen LogP contribution in [0.1, 0.15) is 55.2 Å². The summed E-state index contributed by atoms with van der Waals surface area (Å²) >= 11 is 0. The van der Waals surface area contributed by atoms with E-state index >= 15 is 0 Å². The third-order valence-electron chi connectivity index (χ3n) is 9.42. The number of nitrogens with zero attached hydrogens (tertiary/aromatic N) is 1. The van der Waals surface area contributed by atoms with E-state index in [1.807, 2.05) is 42.5 Å². The number of carboxylic acid groups (broad SMARTS) is 1. The van der Waals surface area contributed by atoms with Gasteiger partial charge in [-0.2, -0.15) is 0 Å². The molecule has 1 saturated heterocycles. The number of aliphatic carboxylic acids is 1. The number of carbonyl (C=O) groups is 2. The molecule has 2 aliphatic carbocycles. The molecule has 1 aliphatic heterocycles. The predicted octanol–water partition coefficient (Wildman–Crippen LogP) is 5.51. The minimum absolute atomic E-state index is 0.0300. The fraction of sp³-hybridized carbons (Fsp3) is 0.394. The van der Waals surface area contributed by atoms with Crippen molar-refractivity contribution in [2.45, 2.75) is 67.2 Å². The fourth-order valence-corrected chi connectivity index (χ4v) is 9.61. The maximum absolute atomic E-state index is 14.6. The summed E-state index contributed by atoms with van der Waals surface area (Å²) in [6.45, 7) is 0.669. The number of benzene rings is 3. The van der Waals surface area contributed by atoms with Crippen LogP contribution in [0.15, 0.2) is 77.7 Å². The lowest BCUT2D eigenvalue weighted by Gasteiger charge is -2.43. The van der Waals surface area contributed by atoms with Crippen LogP contribution < -0.4 is 4.74 Å². The van der Waals surface area contributed by atoms with Crippen LogP contribution in [0.5, 0.6) is 5.75 Å². The number of halogens is 1. The lowest BCUT2D eigenvalue weighted by atomic mass is 9.77. The van der Waals surface area contributed by atoms with Crippen molar-refractivity contribution in [3.63, 3.8) is 0 Å². The van der Waals surface area contributed by atoms with E-state index in [0.29, 0.717) is 56.4 Å². The second-order valence-corrected chi connectivity index (χ2v) is 13.9. The van der Waals surface area contributed by atoms with E-state index in [0.717, 1.165) is 23.3 Å². The maximum Gasteiger partial charge on any atom is 0.306 e. The Morgan fingerprint density at radius 1 is 0.929 bits per heavy atom. The van der Waals surface area contributed by atoms with Gasteiger partial charge in [-0.1, -0.05) is 36.4 Å². The zero-order chi connectivity index (χ0) is 29.5. The molecule has 220 valence electrons. The summed E-state index contributed by atoms with van der Waals surface area (Å²) in [6, 6.07) is 19.7. The molecular formula is C33H34FNO6S. The van der Waals surface area contributed by atoms with Crippen LogP contribution in [-0.2, 0) is 37.2 Å². The maximum atomic E-state index is 14.6. The van der Waals surface area contributed by atoms with E-state index in [9.17, 15) is 27.5 Å². The van der Waals surface area contributed by atoms with Crippen molar-refractivity contribution < 1.29 is 32.2 Å². The number of amides is 1. The second kappa shape index (κ2) is 11.2. The molecule has 3 aliphatic rings. The standard InChI is InChI=1S/C33H34FNO6S/c34-26-11-14-28(15-12-26)42(39,40)33-18-19-35(31(36)23-6-8-24(9-7-23)32(37)38)30(33)17-10-25-20-27(13-16-29(25)33)41-21-22-4-2-1-3-5-22/h1-5,11-16,20,23-24,30H,6-10,17-19,21H2,(H,37,38)/t23?,24?,30-,33-/m1/s1. The fourth-order valence-electron chi connectivity index (χ4n) is 7.24. The van der Waals surface area contributed by atoms with Gasteiger partial charge < -0.3 is 14.7 Å². The topological polar surface area (TPSA) is 101 Å². The zero-order valence-corrected chi connectivity index (χ0v) is 24.1. The molecule has 0 radical (unpaired) electrons. The summed E-state index contributed by atoms with van der Waals surface area (Å²) in [5, 5.41) is 9.39. The van der Waals surface area contributed by atoms with Crippen molar-refractivity contribution >= 4 is 21.7 Å². The number of likely N-dealkylation sites (tertiary alicyclic amines) is 1. The summed E-state index contributed by atoms with van der Waals surface area (Å²) in [5.41, 5.74) is 2.56. The first-order valence-corrected chi connectivity index (χ1v) is 16.0. The number of hydrogen-bond acceptors (Lipinski definition) is 5. The number of hydrogen-bond donors (Lipinski definition) is 1. The van der Waals surface area contributed by atoms with E-state index in [1.165, 1.54) is 12.1 Å². The number of ether oxygens (including phenoxy) is 1. The van der Waals surface area contributed by atoms with Crippen molar-refractivity contribution in [3.05, 3.63) is 95.3 Å². The molecule has 3 aromatic rings. The molecule has 1 heterocycles. The summed E-state index contributed by atoms with van der Waals surface area (Å²) in [7, 11) is -4.05. The van der Waals surface area contributed by atoms with Gasteiger partial charge in [0, 0.05) is 12.5 Å². The lowest BCUT2D eigenvalue weighted by Crippen LogP contribution is -2.53. The second-order valence-electron chi connectivity index (χ2n) is 11.7. The molecule has 2 fully saturated rings. The van der Waals surface area contributed by atoms with Crippen LogP contribution in [-0.4, -0.2) is 42.9 Å². The molecule has 0 bridgehead atoms. The highest BCUT2D eigenvalue weighted by atomic mass is 32.2. The summed E-state index contributed by atoms with van der Waals surface area (Å²) < 4.78 is 47.6. The van der Waals surface area contributed by atoms with Crippen molar-refractivity contribution in [2.75, 3.05) is 6.54 Å². The van der Waals surface area contributed by atoms with Gasteiger partial charge in [0.1, 0.15) is 22.9 Å². The normalized spacial score (nSPS) is 25.4. The first kappa shape index (κ1) is 28.4. The van der Waals surface area contributed by atoms with Crippen LogP contribution in [0.25, 0.3) is 0 Å². The predicted molar refractivity (Wildman–Crippen MR) is 154 cm³/mol. The molecule has 0 aromatic heterocycles. The number of aryl methyl sites for hydroxylation is 1. The molecule has 1 amide bonds. The van der Waals surface area contributed by atoms with Gasteiger partial charge in [0.05, 0.1) is 16.9 Å². The van der Waals surface area contributed by atoms with E-state index in [-0.39, 0.29) is 29.7 Å². The van der Waals surface area contributed by atoms with Crippen molar-refractivity contribution in [1.29, 1.82) is 0 Å². The van der Waals surface area contributed by atoms with E-state index < -0.39 is 38.3 Å². The Balaban J connectivity index is 1.35. The van der Waals surface area contributed by atoms with Crippen molar-refractivity contribution in [1.82, 2.24) is 4.90 Å². The monoisotopic (exact) mass is 591 g/mol. The quantitative estimate of drug-likeness (QED) is 0.364. The van der Waals surface area contributed by atoms with Gasteiger partial charge in [0.25, 0.3) is 0 Å². The summed E-state index contributed by atoms with van der Waals surface area (Å²) in [6.07, 6.45) is 3.12. The number of fused-ring (bicyclic) bond motifs is 3. The zero-order valence-electron chi connectivity index (χ0n) is 23.2. The molecule has 6 rings (SSSR count). The molecule has 7 nitrogen and oxygen atoms in total. The highest BCUT2D eigenvalue weighted by molar-refractivity contribution is 7.92. The molecule has 3 aromatic carbocycles. The SMILES string of the molecule is O=C(O)C1CCC(C(=O)N2CC[C@@]3(S(=O)(=O)c4ccc(F)cc4)c4ccc(OCc5ccccc5)cc4CC[C@@H]23)CC1. The molecule has 1 N–H and O–H groups in total. The first-order chi connectivity index (χ1) is 20.2. The van der Waals surface area contributed by atoms with Gasteiger partial charge in [-0.3, -0.25) is 9.59 Å². The first-order valence-electron chi connectivity index (χ1n) is 14.5. The number of carboxylic acids is 1. The summed E-state index contributed by atoms with van der Waals surface area (Å²) in [4.78, 5) is 27.1. The molecule has 0 unspecified atom stereocenters. The van der Waals surface area contributed by atoms with Gasteiger partial charge in [-0.25, -0.2) is 12.8 Å². The molecule has 42 heavy (non-hydrogen) atoms. The van der Waals surface area contributed by atoms with E-state index in [1.54, 1.807) is 11.0 Å². The largest absolute Gasteiger partial charge is 0.489 e. The minimum Gasteiger partial charge on any atom is -0.489 e. The number of rotatable bonds is 7. The van der Waals surface area contributed by atoms with Gasteiger partial charge >= 0.3 is 5.97 Å². The van der Waals surface area contributed by atoms with Gasteiger partial charge in [-0.15, -0.1) is 0 Å². The molecule has 0 spiro atoms. The van der Waals surface area contributed by atoms with E-state index in [2.05, 4.69) is 0 Å². The third-order valence-corrected chi connectivity index (χ3v) is 12.0. The van der Waals surface area contributed by atoms with Gasteiger partial charge in [-0.05, 0) is 98.0 Å². The molecule has 9 heteroatoms. The smallest absolute Gasteiger partial charge is 0.306 e. The Morgan fingerprint density at radius 3 is 2.31 bits per heavy atom. The Hall–Kier alpha value is -3.72. The van der Waals surface area contributed by atoms with Crippen LogP contribution in [0.4, 0.5) is 4.39 Å². The van der Waals surface area contributed by atoms with Crippen LogP contribution in [0.3, 0.4) is 0 Å². The van der Waals surface area contributed by atoms with Crippen molar-refractivity contribution in [3.8, 4) is 5.75 Å². The molecule has 1 saturated carbocycles. The van der Waals surface area contributed by atoms with Gasteiger partial charge in [0.15, 0.2) is 9.84 Å². The van der Waals surface area contributed by atoms with Gasteiger partial charge in [0.2, 0.25) is 5.91 Å². The van der Waals surface area contributed by atoms with Crippen LogP contribution >= 0.6 is 0 Å². The van der Waals surface area contributed by atoms with Crippen LogP contribution in [0.2, 0.25) is 0 Å². The van der Waals surface area contributed by atoms with Crippen LogP contribution in [0, 0.1) is 17.7 Å². The number of carbonyl (C=O) groups excluding carboxylic acids is 1. The molecule has 2 atom stereocenters. The van der Waals surface area contributed by atoms with Crippen molar-refractivity contribution in [2.24, 2.45) is 11.8 Å². The highest BCUT2D eigenvalue weighted by Gasteiger charge is 2.61.